The van der Waals surface area contributed by atoms with E-state index in [4.69, 9.17) is 0 Å². The van der Waals surface area contributed by atoms with Crippen LogP contribution in [0.5, 0.6) is 0 Å². The van der Waals surface area contributed by atoms with Gasteiger partial charge in [-0.05, 0) is 12.1 Å². The molecular formula is C11H15CuNS2. The van der Waals surface area contributed by atoms with Crippen LogP contribution in [-0.2, 0) is 29.7 Å². The summed E-state index contributed by atoms with van der Waals surface area (Å²) in [7, 11) is 0. The van der Waals surface area contributed by atoms with E-state index in [9.17, 15) is 0 Å². The van der Waals surface area contributed by atoms with E-state index in [-0.39, 0.29) is 17.1 Å². The molecule has 0 fully saturated rings. The van der Waals surface area contributed by atoms with Crippen LogP contribution in [0.15, 0.2) is 30.3 Å². The summed E-state index contributed by atoms with van der Waals surface area (Å²) in [6.07, 6.45) is 2.28. The Hall–Kier alpha value is -0.151. The fraction of sp³-hybridized carbons (Fsp3) is 0.273. The molecule has 87 valence electrons. The molecule has 1 radical (unpaired) electrons. The summed E-state index contributed by atoms with van der Waals surface area (Å²) in [4.78, 5) is 0. The average Bonchev–Trinajstić information content (AvgIpc) is 2.19. The number of rotatable bonds is 2. The fourth-order valence-electron chi connectivity index (χ4n) is 0.639. The van der Waals surface area contributed by atoms with Gasteiger partial charge >= 0.3 is 17.1 Å². The van der Waals surface area contributed by atoms with E-state index in [1.165, 1.54) is 6.42 Å². The second kappa shape index (κ2) is 11.9. The summed E-state index contributed by atoms with van der Waals surface area (Å²) in [5.74, 6) is 0. The SMILES string of the molecule is S=C([S-])Nc1ccccc1.[CH2-]CCC.[Cu+2]. The molecule has 1 aromatic rings. The van der Waals surface area contributed by atoms with E-state index in [2.05, 4.69) is 44.0 Å². The van der Waals surface area contributed by atoms with E-state index >= 15 is 0 Å². The maximum atomic E-state index is 4.68. The quantitative estimate of drug-likeness (QED) is 0.387. The van der Waals surface area contributed by atoms with E-state index < -0.39 is 0 Å². The molecule has 0 unspecified atom stereocenters. The molecule has 0 aliphatic heterocycles. The molecule has 0 aromatic heterocycles. The van der Waals surface area contributed by atoms with Crippen molar-refractivity contribution in [1.82, 2.24) is 0 Å². The van der Waals surface area contributed by atoms with Crippen molar-refractivity contribution in [3.05, 3.63) is 37.3 Å². The van der Waals surface area contributed by atoms with E-state index in [1.807, 2.05) is 30.3 Å². The Morgan fingerprint density at radius 3 is 2.20 bits per heavy atom. The molecule has 1 aromatic carbocycles. The van der Waals surface area contributed by atoms with Crippen LogP contribution in [0.3, 0.4) is 0 Å². The molecule has 0 saturated heterocycles. The van der Waals surface area contributed by atoms with E-state index in [1.54, 1.807) is 0 Å². The number of thiocarbonyl (C=S) groups is 1. The number of unbranched alkanes of at least 4 members (excludes halogenated alkanes) is 1. The molecule has 1 N–H and O–H groups in total. The molecule has 1 rings (SSSR count). The summed E-state index contributed by atoms with van der Waals surface area (Å²) in [5, 5.41) is 2.85. The summed E-state index contributed by atoms with van der Waals surface area (Å²) >= 11 is 9.36. The van der Waals surface area contributed by atoms with Crippen molar-refractivity contribution >= 4 is 34.9 Å². The minimum absolute atomic E-state index is 0. The molecule has 0 spiro atoms. The van der Waals surface area contributed by atoms with Gasteiger partial charge in [-0.2, -0.15) is 6.42 Å². The largest absolute Gasteiger partial charge is 2.00 e. The van der Waals surface area contributed by atoms with Gasteiger partial charge in [-0.3, -0.25) is 0 Å². The molecule has 0 aliphatic carbocycles. The Labute approximate surface area is 114 Å². The van der Waals surface area contributed by atoms with Crippen LogP contribution in [0.25, 0.3) is 0 Å². The molecule has 0 atom stereocenters. The summed E-state index contributed by atoms with van der Waals surface area (Å²) < 4.78 is 0.381. The monoisotopic (exact) mass is 288 g/mol. The molecule has 0 amide bonds. The first kappa shape index (κ1) is 17.3. The topological polar surface area (TPSA) is 12.0 Å². The first-order valence-electron chi connectivity index (χ1n) is 4.53. The summed E-state index contributed by atoms with van der Waals surface area (Å²) in [6.45, 7) is 5.72. The Morgan fingerprint density at radius 1 is 1.40 bits per heavy atom. The molecule has 0 heterocycles. The van der Waals surface area contributed by atoms with Crippen molar-refractivity contribution in [2.45, 2.75) is 19.8 Å². The van der Waals surface area contributed by atoms with Gasteiger partial charge in [0, 0.05) is 5.69 Å². The molecule has 0 saturated carbocycles. The van der Waals surface area contributed by atoms with Gasteiger partial charge in [0.25, 0.3) is 0 Å². The minimum atomic E-state index is 0. The molecule has 0 aliphatic rings. The van der Waals surface area contributed by atoms with Gasteiger partial charge in [0.15, 0.2) is 0 Å². The Bertz CT molecular complexity index is 250. The molecular weight excluding hydrogens is 274 g/mol. The zero-order chi connectivity index (χ0) is 10.8. The summed E-state index contributed by atoms with van der Waals surface area (Å²) in [6, 6.07) is 9.63. The second-order valence-corrected chi connectivity index (χ2v) is 3.71. The second-order valence-electron chi connectivity index (χ2n) is 2.63. The van der Waals surface area contributed by atoms with Crippen molar-refractivity contribution in [2.75, 3.05) is 5.32 Å². The minimum Gasteiger partial charge on any atom is -0.411 e. The van der Waals surface area contributed by atoms with Gasteiger partial charge in [0.2, 0.25) is 0 Å². The third-order valence-corrected chi connectivity index (χ3v) is 1.58. The number of hydrogen-bond donors (Lipinski definition) is 1. The van der Waals surface area contributed by atoms with Gasteiger partial charge < -0.3 is 37.1 Å². The van der Waals surface area contributed by atoms with Crippen LogP contribution >= 0.6 is 12.2 Å². The van der Waals surface area contributed by atoms with Crippen molar-refractivity contribution in [2.24, 2.45) is 0 Å². The van der Waals surface area contributed by atoms with Crippen molar-refractivity contribution < 1.29 is 17.1 Å². The standard InChI is InChI=1S/C7H7NS2.C4H9.Cu/c9-7(10)8-6-4-2-1-3-5-6;1-3-4-2;/h1-5H,(H2,8,9,10);1,3-4H2,2H3;/q;-1;+2/p-1. The van der Waals surface area contributed by atoms with Gasteiger partial charge in [-0.15, -0.1) is 0 Å². The van der Waals surface area contributed by atoms with Crippen LogP contribution in [-0.4, -0.2) is 4.32 Å². The molecule has 1 nitrogen and oxygen atoms in total. The van der Waals surface area contributed by atoms with E-state index in [0.717, 1.165) is 12.1 Å². The van der Waals surface area contributed by atoms with Gasteiger partial charge in [-0.25, -0.2) is 0 Å². The maximum Gasteiger partial charge on any atom is 2.00 e. The Balaban J connectivity index is 0. The predicted molar refractivity (Wildman–Crippen MR) is 70.3 cm³/mol. The maximum absolute atomic E-state index is 4.68. The van der Waals surface area contributed by atoms with Crippen molar-refractivity contribution in [3.63, 3.8) is 0 Å². The Morgan fingerprint density at radius 2 is 1.87 bits per heavy atom. The number of hydrogen-bond acceptors (Lipinski definition) is 2. The van der Waals surface area contributed by atoms with Crippen LogP contribution in [0, 0.1) is 6.92 Å². The normalized spacial score (nSPS) is 7.87. The smallest absolute Gasteiger partial charge is 0.411 e. The van der Waals surface area contributed by atoms with Crippen LogP contribution in [0.4, 0.5) is 5.69 Å². The third kappa shape index (κ3) is 11.8. The number of benzene rings is 1. The molecule has 0 bridgehead atoms. The van der Waals surface area contributed by atoms with Crippen LogP contribution in [0.1, 0.15) is 19.8 Å². The fourth-order valence-corrected chi connectivity index (χ4v) is 0.875. The van der Waals surface area contributed by atoms with Crippen molar-refractivity contribution in [3.8, 4) is 0 Å². The zero-order valence-corrected chi connectivity index (χ0v) is 11.2. The van der Waals surface area contributed by atoms with Crippen LogP contribution < -0.4 is 5.32 Å². The van der Waals surface area contributed by atoms with Gasteiger partial charge in [0.05, 0.1) is 0 Å². The van der Waals surface area contributed by atoms with Gasteiger partial charge in [0.1, 0.15) is 0 Å². The first-order chi connectivity index (χ1) is 6.70. The number of anilines is 1. The number of nitrogens with one attached hydrogen (secondary N) is 1. The van der Waals surface area contributed by atoms with Gasteiger partial charge in [-0.1, -0.05) is 35.9 Å². The first-order valence-corrected chi connectivity index (χ1v) is 5.34. The molecule has 15 heavy (non-hydrogen) atoms. The number of para-hydroxylation sites is 1. The zero-order valence-electron chi connectivity index (χ0n) is 8.63. The van der Waals surface area contributed by atoms with Crippen LogP contribution in [0.2, 0.25) is 0 Å². The molecule has 4 heteroatoms. The third-order valence-electron chi connectivity index (χ3n) is 1.37. The average molecular weight is 289 g/mol. The summed E-state index contributed by atoms with van der Waals surface area (Å²) in [5.41, 5.74) is 0.947. The predicted octanol–water partition coefficient (Wildman–Crippen LogP) is 3.55. The van der Waals surface area contributed by atoms with E-state index in [0.29, 0.717) is 4.32 Å². The van der Waals surface area contributed by atoms with Crippen molar-refractivity contribution in [1.29, 1.82) is 0 Å². The Kier molecular flexibility index (Phi) is 13.7.